The van der Waals surface area contributed by atoms with Crippen LogP contribution >= 0.6 is 0 Å². The first kappa shape index (κ1) is 9.95. The van der Waals surface area contributed by atoms with Gasteiger partial charge in [0.1, 0.15) is 6.29 Å². The predicted octanol–water partition coefficient (Wildman–Crippen LogP) is 1.75. The van der Waals surface area contributed by atoms with Crippen molar-refractivity contribution in [2.45, 2.75) is 13.3 Å². The Morgan fingerprint density at radius 1 is 1.43 bits per heavy atom. The molecule has 0 saturated carbocycles. The number of aldehydes is 1. The third-order valence-electron chi connectivity index (χ3n) is 2.06. The van der Waals surface area contributed by atoms with E-state index in [0.717, 1.165) is 11.1 Å². The van der Waals surface area contributed by atoms with Crippen LogP contribution in [-0.4, -0.2) is 6.29 Å². The Bertz CT molecular complexity index is 450. The van der Waals surface area contributed by atoms with Crippen LogP contribution in [0.15, 0.2) is 12.1 Å². The molecule has 3 heteroatoms. The first-order chi connectivity index (χ1) is 6.72. The Labute approximate surface area is 82.2 Å². The van der Waals surface area contributed by atoms with Crippen molar-refractivity contribution in [2.75, 3.05) is 0 Å². The Morgan fingerprint density at radius 2 is 2.14 bits per heavy atom. The van der Waals surface area contributed by atoms with E-state index >= 15 is 0 Å². The van der Waals surface area contributed by atoms with Crippen LogP contribution in [0.5, 0.6) is 0 Å². The minimum absolute atomic E-state index is 0.224. The van der Waals surface area contributed by atoms with Gasteiger partial charge in [0, 0.05) is 5.56 Å². The van der Waals surface area contributed by atoms with Gasteiger partial charge in [-0.1, -0.05) is 0 Å². The summed E-state index contributed by atoms with van der Waals surface area (Å²) in [6.07, 6.45) is 0.906. The molecule has 1 rings (SSSR count). The number of rotatable bonds is 2. The molecule has 0 saturated heterocycles. The third kappa shape index (κ3) is 1.78. The van der Waals surface area contributed by atoms with Crippen LogP contribution in [-0.2, 0) is 6.42 Å². The minimum Gasteiger partial charge on any atom is -0.298 e. The second kappa shape index (κ2) is 4.20. The summed E-state index contributed by atoms with van der Waals surface area (Å²) >= 11 is 0. The highest BCUT2D eigenvalue weighted by atomic mass is 16.1. The molecule has 0 aromatic heterocycles. The summed E-state index contributed by atoms with van der Waals surface area (Å²) < 4.78 is 0. The fraction of sp³-hybridized carbons (Fsp3) is 0.182. The highest BCUT2D eigenvalue weighted by molar-refractivity contribution is 5.76. The van der Waals surface area contributed by atoms with Crippen molar-refractivity contribution in [3.63, 3.8) is 0 Å². The van der Waals surface area contributed by atoms with Gasteiger partial charge >= 0.3 is 0 Å². The zero-order valence-corrected chi connectivity index (χ0v) is 7.74. The molecule has 0 aliphatic heterocycles. The van der Waals surface area contributed by atoms with Crippen molar-refractivity contribution < 1.29 is 4.79 Å². The summed E-state index contributed by atoms with van der Waals surface area (Å²) in [6, 6.07) is 7.18. The standard InChI is InChI=1S/C11H8N2O/c1-8-10(2-3-12)4-9(7-14)5-11(8)6-13/h4-5,7H,2H2,1H3. The lowest BCUT2D eigenvalue weighted by Crippen LogP contribution is -1.95. The highest BCUT2D eigenvalue weighted by Crippen LogP contribution is 2.15. The van der Waals surface area contributed by atoms with E-state index in [0.29, 0.717) is 17.4 Å². The summed E-state index contributed by atoms with van der Waals surface area (Å²) in [5.74, 6) is 0. The van der Waals surface area contributed by atoms with Crippen LogP contribution in [0.2, 0.25) is 0 Å². The van der Waals surface area contributed by atoms with E-state index in [-0.39, 0.29) is 6.42 Å². The maximum atomic E-state index is 10.6. The first-order valence-corrected chi connectivity index (χ1v) is 4.08. The monoisotopic (exact) mass is 184 g/mol. The van der Waals surface area contributed by atoms with E-state index in [1.54, 1.807) is 13.0 Å². The highest BCUT2D eigenvalue weighted by Gasteiger charge is 2.06. The molecule has 0 spiro atoms. The van der Waals surface area contributed by atoms with Crippen molar-refractivity contribution in [3.05, 3.63) is 34.4 Å². The molecule has 0 fully saturated rings. The SMILES string of the molecule is Cc1c(C#N)cc(C=O)cc1CC#N. The molecule has 0 N–H and O–H groups in total. The van der Waals surface area contributed by atoms with Gasteiger partial charge in [-0.25, -0.2) is 0 Å². The second-order valence-corrected chi connectivity index (χ2v) is 2.92. The number of hydrogen-bond acceptors (Lipinski definition) is 3. The van der Waals surface area contributed by atoms with Gasteiger partial charge in [-0.3, -0.25) is 4.79 Å². The van der Waals surface area contributed by atoms with E-state index < -0.39 is 0 Å². The maximum absolute atomic E-state index is 10.6. The Hall–Kier alpha value is -2.13. The fourth-order valence-corrected chi connectivity index (χ4v) is 1.25. The quantitative estimate of drug-likeness (QED) is 0.657. The normalized spacial score (nSPS) is 8.79. The smallest absolute Gasteiger partial charge is 0.150 e. The molecular weight excluding hydrogens is 176 g/mol. The Balaban J connectivity index is 3.37. The summed E-state index contributed by atoms with van der Waals surface area (Å²) in [7, 11) is 0. The molecule has 0 heterocycles. The van der Waals surface area contributed by atoms with Crippen LogP contribution in [0.1, 0.15) is 27.0 Å². The van der Waals surface area contributed by atoms with Crippen molar-refractivity contribution >= 4 is 6.29 Å². The van der Waals surface area contributed by atoms with Crippen LogP contribution in [0, 0.1) is 29.6 Å². The largest absolute Gasteiger partial charge is 0.298 e. The average molecular weight is 184 g/mol. The van der Waals surface area contributed by atoms with Crippen LogP contribution < -0.4 is 0 Å². The molecule has 0 unspecified atom stereocenters. The fourth-order valence-electron chi connectivity index (χ4n) is 1.25. The Morgan fingerprint density at radius 3 is 2.64 bits per heavy atom. The van der Waals surface area contributed by atoms with Gasteiger partial charge in [-0.15, -0.1) is 0 Å². The first-order valence-electron chi connectivity index (χ1n) is 4.08. The molecule has 0 amide bonds. The lowest BCUT2D eigenvalue weighted by Gasteiger charge is -2.04. The number of nitrogens with zero attached hydrogens (tertiary/aromatic N) is 2. The summed E-state index contributed by atoms with van der Waals surface area (Å²) in [6.45, 7) is 1.78. The zero-order chi connectivity index (χ0) is 10.6. The van der Waals surface area contributed by atoms with Gasteiger partial charge in [-0.2, -0.15) is 10.5 Å². The molecule has 68 valence electrons. The van der Waals surface area contributed by atoms with Crippen molar-refractivity contribution in [3.8, 4) is 12.1 Å². The molecule has 0 aliphatic rings. The minimum atomic E-state index is 0.224. The van der Waals surface area contributed by atoms with E-state index in [9.17, 15) is 4.79 Å². The van der Waals surface area contributed by atoms with Gasteiger partial charge in [0.05, 0.1) is 24.1 Å². The van der Waals surface area contributed by atoms with E-state index in [1.165, 1.54) is 6.07 Å². The number of carbonyl (C=O) groups is 1. The van der Waals surface area contributed by atoms with Gasteiger partial charge in [0.2, 0.25) is 0 Å². The molecule has 0 bridgehead atoms. The number of carbonyl (C=O) groups excluding carboxylic acids is 1. The molecule has 3 nitrogen and oxygen atoms in total. The lowest BCUT2D eigenvalue weighted by molar-refractivity contribution is 0.112. The number of hydrogen-bond donors (Lipinski definition) is 0. The zero-order valence-electron chi connectivity index (χ0n) is 7.74. The Kier molecular flexibility index (Phi) is 2.99. The molecule has 1 aromatic rings. The molecule has 0 atom stereocenters. The summed E-state index contributed by atoms with van der Waals surface area (Å²) in [5, 5.41) is 17.3. The summed E-state index contributed by atoms with van der Waals surface area (Å²) in [5.41, 5.74) is 2.42. The maximum Gasteiger partial charge on any atom is 0.150 e. The number of benzene rings is 1. The van der Waals surface area contributed by atoms with Crippen LogP contribution in [0.25, 0.3) is 0 Å². The van der Waals surface area contributed by atoms with Gasteiger partial charge < -0.3 is 0 Å². The lowest BCUT2D eigenvalue weighted by atomic mass is 9.98. The topological polar surface area (TPSA) is 64.7 Å². The van der Waals surface area contributed by atoms with Gasteiger partial charge in [-0.05, 0) is 30.2 Å². The van der Waals surface area contributed by atoms with Crippen LogP contribution in [0.4, 0.5) is 0 Å². The molecule has 0 aliphatic carbocycles. The average Bonchev–Trinajstić information content (AvgIpc) is 2.21. The predicted molar refractivity (Wildman–Crippen MR) is 50.6 cm³/mol. The third-order valence-corrected chi connectivity index (χ3v) is 2.06. The van der Waals surface area contributed by atoms with E-state index in [4.69, 9.17) is 10.5 Å². The second-order valence-electron chi connectivity index (χ2n) is 2.92. The van der Waals surface area contributed by atoms with Crippen molar-refractivity contribution in [1.82, 2.24) is 0 Å². The van der Waals surface area contributed by atoms with E-state index in [1.807, 2.05) is 12.1 Å². The van der Waals surface area contributed by atoms with E-state index in [2.05, 4.69) is 0 Å². The van der Waals surface area contributed by atoms with Crippen molar-refractivity contribution in [2.24, 2.45) is 0 Å². The summed E-state index contributed by atoms with van der Waals surface area (Å²) in [4.78, 5) is 10.6. The van der Waals surface area contributed by atoms with Gasteiger partial charge in [0.25, 0.3) is 0 Å². The van der Waals surface area contributed by atoms with Gasteiger partial charge in [0.15, 0.2) is 0 Å². The number of nitriles is 2. The molecule has 1 aromatic carbocycles. The molecular formula is C11H8N2O. The van der Waals surface area contributed by atoms with Crippen molar-refractivity contribution in [1.29, 1.82) is 10.5 Å². The van der Waals surface area contributed by atoms with Crippen LogP contribution in [0.3, 0.4) is 0 Å². The molecule has 0 radical (unpaired) electrons. The molecule has 14 heavy (non-hydrogen) atoms.